The van der Waals surface area contributed by atoms with E-state index in [1.165, 1.54) is 36.4 Å². The molecule has 0 radical (unpaired) electrons. The summed E-state index contributed by atoms with van der Waals surface area (Å²) in [6, 6.07) is 18.8. The van der Waals surface area contributed by atoms with Gasteiger partial charge in [-0.2, -0.15) is 0 Å². The predicted molar refractivity (Wildman–Crippen MR) is 103 cm³/mol. The van der Waals surface area contributed by atoms with Crippen LogP contribution in [0, 0.1) is 11.6 Å². The monoisotopic (exact) mass is 384 g/mol. The molecule has 146 valence electrons. The molecule has 0 aliphatic rings. The maximum atomic E-state index is 14.6. The lowest BCUT2D eigenvalue weighted by molar-refractivity contribution is -0.0902. The van der Waals surface area contributed by atoms with Gasteiger partial charge in [0.2, 0.25) is 0 Å². The van der Waals surface area contributed by atoms with Gasteiger partial charge in [-0.25, -0.2) is 8.78 Å². The molecule has 3 nitrogen and oxygen atoms in total. The minimum absolute atomic E-state index is 0.0395. The Hall–Kier alpha value is -2.76. The molecule has 3 rings (SSSR count). The van der Waals surface area contributed by atoms with Crippen LogP contribution in [0.2, 0.25) is 0 Å². The van der Waals surface area contributed by atoms with Crippen molar-refractivity contribution < 1.29 is 23.4 Å². The minimum atomic E-state index is -2.00. The Morgan fingerprint density at radius 2 is 1.36 bits per heavy atom. The lowest BCUT2D eigenvalue weighted by atomic mass is 9.81. The third-order valence-electron chi connectivity index (χ3n) is 4.82. The highest BCUT2D eigenvalue weighted by molar-refractivity contribution is 5.39. The molecule has 0 aliphatic carbocycles. The Kier molecular flexibility index (Phi) is 6.07. The summed E-state index contributed by atoms with van der Waals surface area (Å²) in [6.45, 7) is 1.76. The molecule has 0 heterocycles. The number of methoxy groups -OCH3 is 1. The van der Waals surface area contributed by atoms with Crippen molar-refractivity contribution >= 4 is 0 Å². The predicted octanol–water partition coefficient (Wildman–Crippen LogP) is 4.81. The molecule has 28 heavy (non-hydrogen) atoms. The van der Waals surface area contributed by atoms with Gasteiger partial charge in [-0.1, -0.05) is 48.5 Å². The maximum absolute atomic E-state index is 14.6. The van der Waals surface area contributed by atoms with Gasteiger partial charge in [0.15, 0.2) is 0 Å². The van der Waals surface area contributed by atoms with Crippen molar-refractivity contribution in [2.45, 2.75) is 25.2 Å². The van der Waals surface area contributed by atoms with Gasteiger partial charge < -0.3 is 14.6 Å². The van der Waals surface area contributed by atoms with Gasteiger partial charge in [0, 0.05) is 11.1 Å². The number of benzene rings is 3. The summed E-state index contributed by atoms with van der Waals surface area (Å²) in [7, 11) is 1.58. The zero-order chi connectivity index (χ0) is 20.1. The summed E-state index contributed by atoms with van der Waals surface area (Å²) in [5, 5.41) is 11.5. The normalized spacial score (nSPS) is 12.6. The summed E-state index contributed by atoms with van der Waals surface area (Å²) in [4.78, 5) is 0. The third kappa shape index (κ3) is 3.91. The molecule has 3 aromatic carbocycles. The average molecular weight is 384 g/mol. The van der Waals surface area contributed by atoms with E-state index in [0.29, 0.717) is 5.75 Å². The summed E-state index contributed by atoms with van der Waals surface area (Å²) >= 11 is 0. The topological polar surface area (TPSA) is 38.7 Å². The number of halogens is 2. The van der Waals surface area contributed by atoms with Crippen LogP contribution >= 0.6 is 0 Å². The van der Waals surface area contributed by atoms with E-state index in [-0.39, 0.29) is 17.7 Å². The van der Waals surface area contributed by atoms with Crippen molar-refractivity contribution in [1.82, 2.24) is 0 Å². The fourth-order valence-corrected chi connectivity index (χ4v) is 3.19. The summed E-state index contributed by atoms with van der Waals surface area (Å²) in [5.41, 5.74) is -1.23. The van der Waals surface area contributed by atoms with E-state index < -0.39 is 23.3 Å². The van der Waals surface area contributed by atoms with Crippen molar-refractivity contribution in [2.75, 3.05) is 7.11 Å². The molecule has 0 saturated heterocycles. The van der Waals surface area contributed by atoms with Crippen molar-refractivity contribution in [2.24, 2.45) is 0 Å². The van der Waals surface area contributed by atoms with E-state index >= 15 is 0 Å². The molecule has 3 aromatic rings. The summed E-state index contributed by atoms with van der Waals surface area (Å²) in [6.07, 6.45) is -0.927. The molecule has 0 saturated carbocycles. The Labute approximate surface area is 163 Å². The average Bonchev–Trinajstić information content (AvgIpc) is 2.72. The van der Waals surface area contributed by atoms with Crippen LogP contribution in [0.5, 0.6) is 5.75 Å². The Balaban J connectivity index is 1.94. The molecule has 0 bridgehead atoms. The van der Waals surface area contributed by atoms with Gasteiger partial charge in [-0.15, -0.1) is 0 Å². The van der Waals surface area contributed by atoms with Gasteiger partial charge in [0.05, 0.1) is 19.8 Å². The lowest BCUT2D eigenvalue weighted by Gasteiger charge is -2.35. The first-order chi connectivity index (χ1) is 13.5. The van der Waals surface area contributed by atoms with Crippen LogP contribution in [0.1, 0.15) is 23.6 Å². The first-order valence-electron chi connectivity index (χ1n) is 8.93. The van der Waals surface area contributed by atoms with Crippen LogP contribution in [0.3, 0.4) is 0 Å². The Bertz CT molecular complexity index is 880. The minimum Gasteiger partial charge on any atom is -0.497 e. The number of hydrogen-bond donors (Lipinski definition) is 1. The van der Waals surface area contributed by atoms with Crippen LogP contribution in [0.25, 0.3) is 0 Å². The van der Waals surface area contributed by atoms with Crippen LogP contribution in [0.4, 0.5) is 8.78 Å². The third-order valence-corrected chi connectivity index (χ3v) is 4.82. The van der Waals surface area contributed by atoms with Gasteiger partial charge >= 0.3 is 0 Å². The number of hydrogen-bond acceptors (Lipinski definition) is 3. The van der Waals surface area contributed by atoms with E-state index in [9.17, 15) is 13.9 Å². The second-order valence-corrected chi connectivity index (χ2v) is 6.53. The highest BCUT2D eigenvalue weighted by Crippen LogP contribution is 2.37. The number of rotatable bonds is 7. The lowest BCUT2D eigenvalue weighted by Crippen LogP contribution is -2.42. The second kappa shape index (κ2) is 8.50. The zero-order valence-electron chi connectivity index (χ0n) is 15.7. The summed E-state index contributed by atoms with van der Waals surface area (Å²) < 4.78 is 40.1. The van der Waals surface area contributed by atoms with E-state index in [1.54, 1.807) is 38.3 Å². The molecule has 0 spiro atoms. The van der Waals surface area contributed by atoms with Gasteiger partial charge in [0.25, 0.3) is 0 Å². The van der Waals surface area contributed by atoms with Crippen LogP contribution in [-0.4, -0.2) is 18.3 Å². The van der Waals surface area contributed by atoms with Crippen LogP contribution in [-0.2, 0) is 16.9 Å². The number of aliphatic hydroxyl groups is 1. The highest BCUT2D eigenvalue weighted by Gasteiger charge is 2.42. The number of ether oxygens (including phenoxy) is 2. The van der Waals surface area contributed by atoms with Crippen LogP contribution in [0.15, 0.2) is 72.8 Å². The van der Waals surface area contributed by atoms with Crippen molar-refractivity contribution in [3.63, 3.8) is 0 Å². The zero-order valence-corrected chi connectivity index (χ0v) is 15.7. The maximum Gasteiger partial charge on any atom is 0.146 e. The molecule has 1 unspecified atom stereocenters. The summed E-state index contributed by atoms with van der Waals surface area (Å²) in [5.74, 6) is -0.549. The largest absolute Gasteiger partial charge is 0.497 e. The molecule has 0 fully saturated rings. The molecule has 5 heteroatoms. The SMILES string of the molecule is COc1ccc(COC(C)C(O)(c2ccccc2F)c2ccccc2F)cc1. The molecular weight excluding hydrogens is 362 g/mol. The Morgan fingerprint density at radius 3 is 1.82 bits per heavy atom. The second-order valence-electron chi connectivity index (χ2n) is 6.53. The van der Waals surface area contributed by atoms with Crippen molar-refractivity contribution in [3.8, 4) is 5.75 Å². The molecular formula is C23H22F2O3. The van der Waals surface area contributed by atoms with E-state index in [2.05, 4.69) is 0 Å². The van der Waals surface area contributed by atoms with Crippen molar-refractivity contribution in [1.29, 1.82) is 0 Å². The van der Waals surface area contributed by atoms with Crippen LogP contribution < -0.4 is 4.74 Å². The Morgan fingerprint density at radius 1 is 0.857 bits per heavy atom. The fraction of sp³-hybridized carbons (Fsp3) is 0.217. The fourth-order valence-electron chi connectivity index (χ4n) is 3.19. The standard InChI is InChI=1S/C23H22F2O3/c1-16(28-15-17-11-13-18(27-2)14-12-17)23(26,19-7-3-5-9-21(19)24)20-8-4-6-10-22(20)25/h3-14,16,26H,15H2,1-2H3. The molecule has 0 aliphatic heterocycles. The molecule has 0 aromatic heterocycles. The molecule has 1 N–H and O–H groups in total. The van der Waals surface area contributed by atoms with Gasteiger partial charge in [0.1, 0.15) is 23.0 Å². The van der Waals surface area contributed by atoms with Crippen molar-refractivity contribution in [3.05, 3.63) is 101 Å². The van der Waals surface area contributed by atoms with E-state index in [1.807, 2.05) is 12.1 Å². The molecule has 0 amide bonds. The first kappa shape index (κ1) is 20.0. The van der Waals surface area contributed by atoms with Gasteiger partial charge in [-0.05, 0) is 36.8 Å². The van der Waals surface area contributed by atoms with E-state index in [0.717, 1.165) is 5.56 Å². The quantitative estimate of drug-likeness (QED) is 0.635. The molecule has 1 atom stereocenters. The van der Waals surface area contributed by atoms with E-state index in [4.69, 9.17) is 9.47 Å². The smallest absolute Gasteiger partial charge is 0.146 e. The highest BCUT2D eigenvalue weighted by atomic mass is 19.1. The first-order valence-corrected chi connectivity index (χ1v) is 8.93. The van der Waals surface area contributed by atoms with Gasteiger partial charge in [-0.3, -0.25) is 0 Å².